The van der Waals surface area contributed by atoms with E-state index in [4.69, 9.17) is 0 Å². The second-order valence-electron chi connectivity index (χ2n) is 3.95. The molecule has 86 valence electrons. The Morgan fingerprint density at radius 1 is 1.06 bits per heavy atom. The summed E-state index contributed by atoms with van der Waals surface area (Å²) < 4.78 is 0. The summed E-state index contributed by atoms with van der Waals surface area (Å²) in [5, 5.41) is 15.0. The molecule has 3 rings (SSSR count). The Balaban J connectivity index is 2.06. The SMILES string of the molecule is O=c1[nH][nH]c2c(Cc3ccccc3O)c[nH]c12. The molecule has 0 saturated heterocycles. The number of aromatic amines is 3. The van der Waals surface area contributed by atoms with Crippen molar-refractivity contribution in [3.8, 4) is 5.75 Å². The monoisotopic (exact) mass is 229 g/mol. The van der Waals surface area contributed by atoms with Crippen LogP contribution in [0.25, 0.3) is 11.0 Å². The van der Waals surface area contributed by atoms with Crippen LogP contribution in [-0.2, 0) is 6.42 Å². The zero-order valence-electron chi connectivity index (χ0n) is 8.95. The van der Waals surface area contributed by atoms with Crippen molar-refractivity contribution in [1.82, 2.24) is 15.2 Å². The Bertz CT molecular complexity index is 721. The summed E-state index contributed by atoms with van der Waals surface area (Å²) in [7, 11) is 0. The predicted molar refractivity (Wildman–Crippen MR) is 64.2 cm³/mol. The van der Waals surface area contributed by atoms with Gasteiger partial charge in [-0.1, -0.05) is 18.2 Å². The number of aromatic hydroxyl groups is 1. The van der Waals surface area contributed by atoms with Crippen molar-refractivity contribution >= 4 is 11.0 Å². The molecule has 1 aromatic carbocycles. The van der Waals surface area contributed by atoms with Crippen molar-refractivity contribution in [3.05, 3.63) is 51.9 Å². The molecule has 3 aromatic rings. The Kier molecular flexibility index (Phi) is 2.04. The number of hydrogen-bond acceptors (Lipinski definition) is 2. The van der Waals surface area contributed by atoms with Crippen LogP contribution in [0, 0.1) is 0 Å². The number of para-hydroxylation sites is 1. The molecule has 5 nitrogen and oxygen atoms in total. The fourth-order valence-corrected chi connectivity index (χ4v) is 1.97. The third kappa shape index (κ3) is 1.52. The van der Waals surface area contributed by atoms with Crippen molar-refractivity contribution in [1.29, 1.82) is 0 Å². The van der Waals surface area contributed by atoms with Gasteiger partial charge in [0.2, 0.25) is 0 Å². The van der Waals surface area contributed by atoms with Crippen LogP contribution in [0.2, 0.25) is 0 Å². The van der Waals surface area contributed by atoms with Gasteiger partial charge in [0.15, 0.2) is 0 Å². The lowest BCUT2D eigenvalue weighted by molar-refractivity contribution is 0.469. The lowest BCUT2D eigenvalue weighted by Crippen LogP contribution is -1.97. The van der Waals surface area contributed by atoms with Gasteiger partial charge in [0, 0.05) is 12.6 Å². The molecule has 2 heterocycles. The first-order chi connectivity index (χ1) is 8.25. The van der Waals surface area contributed by atoms with Crippen LogP contribution in [0.3, 0.4) is 0 Å². The van der Waals surface area contributed by atoms with Gasteiger partial charge in [-0.3, -0.25) is 15.0 Å². The van der Waals surface area contributed by atoms with Gasteiger partial charge in [0.05, 0.1) is 5.52 Å². The van der Waals surface area contributed by atoms with E-state index in [0.29, 0.717) is 11.9 Å². The lowest BCUT2D eigenvalue weighted by atomic mass is 10.1. The number of rotatable bonds is 2. The van der Waals surface area contributed by atoms with Gasteiger partial charge < -0.3 is 10.1 Å². The molecular formula is C12H11N3O2. The van der Waals surface area contributed by atoms with Crippen LogP contribution in [0.5, 0.6) is 5.75 Å². The van der Waals surface area contributed by atoms with E-state index in [1.165, 1.54) is 0 Å². The first-order valence-corrected chi connectivity index (χ1v) is 5.29. The van der Waals surface area contributed by atoms with E-state index in [1.54, 1.807) is 18.3 Å². The number of phenolic OH excluding ortho intramolecular Hbond substituents is 1. The summed E-state index contributed by atoms with van der Waals surface area (Å²) in [6.07, 6.45) is 2.35. The summed E-state index contributed by atoms with van der Waals surface area (Å²) >= 11 is 0. The number of aromatic nitrogens is 3. The second-order valence-corrected chi connectivity index (χ2v) is 3.95. The van der Waals surface area contributed by atoms with Crippen molar-refractivity contribution < 1.29 is 5.11 Å². The normalized spacial score (nSPS) is 11.1. The average Bonchev–Trinajstić information content (AvgIpc) is 2.87. The molecule has 0 aliphatic heterocycles. The van der Waals surface area contributed by atoms with Crippen molar-refractivity contribution in [3.63, 3.8) is 0 Å². The van der Waals surface area contributed by atoms with E-state index in [-0.39, 0.29) is 11.3 Å². The Morgan fingerprint density at radius 2 is 1.88 bits per heavy atom. The summed E-state index contributed by atoms with van der Waals surface area (Å²) in [6, 6.07) is 7.17. The molecule has 0 unspecified atom stereocenters. The number of phenols is 1. The van der Waals surface area contributed by atoms with Gasteiger partial charge in [-0.05, 0) is 17.2 Å². The maximum atomic E-state index is 11.3. The van der Waals surface area contributed by atoms with E-state index >= 15 is 0 Å². The Morgan fingerprint density at radius 3 is 2.71 bits per heavy atom. The van der Waals surface area contributed by atoms with Gasteiger partial charge in [0.25, 0.3) is 5.56 Å². The van der Waals surface area contributed by atoms with Gasteiger partial charge >= 0.3 is 0 Å². The van der Waals surface area contributed by atoms with E-state index in [2.05, 4.69) is 15.2 Å². The molecule has 0 aliphatic carbocycles. The molecule has 0 saturated carbocycles. The smallest absolute Gasteiger partial charge is 0.288 e. The van der Waals surface area contributed by atoms with Gasteiger partial charge in [-0.15, -0.1) is 0 Å². The van der Waals surface area contributed by atoms with Crippen LogP contribution in [-0.4, -0.2) is 20.3 Å². The van der Waals surface area contributed by atoms with Crippen LogP contribution < -0.4 is 5.56 Å². The standard InChI is InChI=1S/C12H11N3O2/c16-9-4-2-1-3-7(9)5-8-6-13-11-10(8)14-15-12(11)17/h1-4,6,13,16H,5H2,(H2,14,15,17). The minimum Gasteiger partial charge on any atom is -0.508 e. The zero-order chi connectivity index (χ0) is 11.8. The number of hydrogen-bond donors (Lipinski definition) is 4. The molecule has 0 amide bonds. The van der Waals surface area contributed by atoms with E-state index in [9.17, 15) is 9.90 Å². The molecule has 2 aromatic heterocycles. The number of nitrogens with one attached hydrogen (secondary N) is 3. The molecule has 0 fully saturated rings. The first kappa shape index (κ1) is 9.77. The Hall–Kier alpha value is -2.43. The Labute approximate surface area is 96.1 Å². The summed E-state index contributed by atoms with van der Waals surface area (Å²) in [5.74, 6) is 0.264. The molecule has 0 bridgehead atoms. The van der Waals surface area contributed by atoms with Gasteiger partial charge in [-0.25, -0.2) is 0 Å². The van der Waals surface area contributed by atoms with Crippen molar-refractivity contribution in [2.75, 3.05) is 0 Å². The third-order valence-corrected chi connectivity index (χ3v) is 2.86. The lowest BCUT2D eigenvalue weighted by Gasteiger charge is -2.02. The molecule has 0 radical (unpaired) electrons. The maximum Gasteiger partial charge on any atom is 0.288 e. The maximum absolute atomic E-state index is 11.3. The summed E-state index contributed by atoms with van der Waals surface area (Å²) in [6.45, 7) is 0. The highest BCUT2D eigenvalue weighted by molar-refractivity contribution is 5.78. The van der Waals surface area contributed by atoms with Gasteiger partial charge in [-0.2, -0.15) is 0 Å². The number of fused-ring (bicyclic) bond motifs is 1. The molecule has 0 spiro atoms. The highest BCUT2D eigenvalue weighted by atomic mass is 16.3. The molecule has 0 aliphatic rings. The first-order valence-electron chi connectivity index (χ1n) is 5.29. The molecule has 4 N–H and O–H groups in total. The van der Waals surface area contributed by atoms with E-state index in [0.717, 1.165) is 16.6 Å². The molecular weight excluding hydrogens is 218 g/mol. The van der Waals surface area contributed by atoms with Crippen LogP contribution in [0.1, 0.15) is 11.1 Å². The van der Waals surface area contributed by atoms with Gasteiger partial charge in [0.1, 0.15) is 11.3 Å². The fraction of sp³-hybridized carbons (Fsp3) is 0.0833. The summed E-state index contributed by atoms with van der Waals surface area (Å²) in [5.41, 5.74) is 2.91. The molecule has 17 heavy (non-hydrogen) atoms. The van der Waals surface area contributed by atoms with Crippen molar-refractivity contribution in [2.24, 2.45) is 0 Å². The topological polar surface area (TPSA) is 84.7 Å². The fourth-order valence-electron chi connectivity index (χ4n) is 1.97. The largest absolute Gasteiger partial charge is 0.508 e. The second kappa shape index (κ2) is 3.55. The highest BCUT2D eigenvalue weighted by Gasteiger charge is 2.10. The highest BCUT2D eigenvalue weighted by Crippen LogP contribution is 2.22. The third-order valence-electron chi connectivity index (χ3n) is 2.86. The van der Waals surface area contributed by atoms with E-state index in [1.807, 2.05) is 12.1 Å². The van der Waals surface area contributed by atoms with Crippen molar-refractivity contribution in [2.45, 2.75) is 6.42 Å². The molecule has 0 atom stereocenters. The number of H-pyrrole nitrogens is 3. The number of benzene rings is 1. The van der Waals surface area contributed by atoms with Crippen LogP contribution in [0.15, 0.2) is 35.3 Å². The predicted octanol–water partition coefficient (Wildman–Crippen LogP) is 1.48. The van der Waals surface area contributed by atoms with E-state index < -0.39 is 0 Å². The summed E-state index contributed by atoms with van der Waals surface area (Å²) in [4.78, 5) is 14.3. The molecule has 5 heteroatoms. The average molecular weight is 229 g/mol. The minimum absolute atomic E-state index is 0.163. The minimum atomic E-state index is -0.163. The van der Waals surface area contributed by atoms with Crippen LogP contribution in [0.4, 0.5) is 0 Å². The van der Waals surface area contributed by atoms with Crippen LogP contribution >= 0.6 is 0 Å². The quantitative estimate of drug-likeness (QED) is 0.536. The zero-order valence-corrected chi connectivity index (χ0v) is 8.95.